The third-order valence-electron chi connectivity index (χ3n) is 2.41. The van der Waals surface area contributed by atoms with E-state index in [0.29, 0.717) is 12.3 Å². The van der Waals surface area contributed by atoms with Gasteiger partial charge in [-0.15, -0.1) is 0 Å². The first-order valence-corrected chi connectivity index (χ1v) is 6.54. The fraction of sp³-hybridized carbons (Fsp3) is 0.769. The molecule has 0 radical (unpaired) electrons. The number of esters is 1. The van der Waals surface area contributed by atoms with Gasteiger partial charge in [0.2, 0.25) is 6.29 Å². The number of carboxylic acid groups (broad SMARTS) is 1. The second-order valence-electron chi connectivity index (χ2n) is 5.06. The average Bonchev–Trinajstić information content (AvgIpc) is 2.22. The van der Waals surface area contributed by atoms with Crippen LogP contribution in [0.25, 0.3) is 0 Å². The summed E-state index contributed by atoms with van der Waals surface area (Å²) in [5.41, 5.74) is 0. The number of alkyl carbamates (subject to hydrolysis) is 1. The van der Waals surface area contributed by atoms with Crippen LogP contribution in [0.3, 0.4) is 0 Å². The van der Waals surface area contributed by atoms with Crippen molar-refractivity contribution < 1.29 is 29.0 Å². The Hall–Kier alpha value is -1.79. The van der Waals surface area contributed by atoms with Crippen LogP contribution in [0, 0.1) is 11.8 Å². The van der Waals surface area contributed by atoms with Crippen molar-refractivity contribution in [2.24, 2.45) is 11.8 Å². The summed E-state index contributed by atoms with van der Waals surface area (Å²) in [6.45, 7) is 6.80. The largest absolute Gasteiger partial charge is 0.481 e. The van der Waals surface area contributed by atoms with Crippen LogP contribution in [0.2, 0.25) is 0 Å². The molecule has 0 saturated carbocycles. The number of hydrogen-bond acceptors (Lipinski definition) is 5. The second-order valence-corrected chi connectivity index (χ2v) is 5.06. The number of carboxylic acids is 1. The number of ether oxygens (including phenoxy) is 2. The van der Waals surface area contributed by atoms with Crippen molar-refractivity contribution in [2.75, 3.05) is 6.54 Å². The highest BCUT2D eigenvalue weighted by Gasteiger charge is 2.17. The number of hydrogen-bond donors (Lipinski definition) is 2. The van der Waals surface area contributed by atoms with Gasteiger partial charge in [0, 0.05) is 26.8 Å². The van der Waals surface area contributed by atoms with Gasteiger partial charge in [-0.1, -0.05) is 13.8 Å². The zero-order chi connectivity index (χ0) is 15.7. The van der Waals surface area contributed by atoms with E-state index in [1.165, 1.54) is 13.8 Å². The van der Waals surface area contributed by atoms with Crippen molar-refractivity contribution in [3.8, 4) is 0 Å². The van der Waals surface area contributed by atoms with Crippen LogP contribution >= 0.6 is 0 Å². The average molecular weight is 289 g/mol. The molecule has 116 valence electrons. The summed E-state index contributed by atoms with van der Waals surface area (Å²) in [5, 5.41) is 11.3. The van der Waals surface area contributed by atoms with Crippen LogP contribution in [0.1, 0.15) is 40.5 Å². The van der Waals surface area contributed by atoms with Gasteiger partial charge < -0.3 is 19.9 Å². The molecule has 0 fully saturated rings. The molecule has 0 aromatic carbocycles. The molecule has 7 nitrogen and oxygen atoms in total. The summed E-state index contributed by atoms with van der Waals surface area (Å²) in [7, 11) is 0. The Kier molecular flexibility index (Phi) is 8.35. The van der Waals surface area contributed by atoms with Gasteiger partial charge in [-0.25, -0.2) is 4.79 Å². The summed E-state index contributed by atoms with van der Waals surface area (Å²) in [5.74, 6) is -1.28. The molecule has 0 aliphatic heterocycles. The van der Waals surface area contributed by atoms with E-state index in [1.807, 2.05) is 13.8 Å². The summed E-state index contributed by atoms with van der Waals surface area (Å²) < 4.78 is 9.42. The Morgan fingerprint density at radius 3 is 2.20 bits per heavy atom. The molecule has 7 heteroatoms. The molecule has 0 rings (SSSR count). The van der Waals surface area contributed by atoms with E-state index in [2.05, 4.69) is 10.1 Å². The van der Waals surface area contributed by atoms with E-state index in [4.69, 9.17) is 9.84 Å². The number of nitrogens with one attached hydrogen (secondary N) is 1. The van der Waals surface area contributed by atoms with Gasteiger partial charge in [0.25, 0.3) is 0 Å². The minimum Gasteiger partial charge on any atom is -0.481 e. The van der Waals surface area contributed by atoms with E-state index in [1.54, 1.807) is 0 Å². The first-order chi connectivity index (χ1) is 9.20. The minimum atomic E-state index is -0.976. The maximum atomic E-state index is 11.4. The highest BCUT2D eigenvalue weighted by molar-refractivity contribution is 5.69. The van der Waals surface area contributed by atoms with Gasteiger partial charge in [0.05, 0.1) is 0 Å². The Balaban J connectivity index is 4.15. The molecule has 0 aliphatic rings. The van der Waals surface area contributed by atoms with E-state index < -0.39 is 24.3 Å². The van der Waals surface area contributed by atoms with Crippen molar-refractivity contribution in [3.63, 3.8) is 0 Å². The quantitative estimate of drug-likeness (QED) is 0.521. The van der Waals surface area contributed by atoms with Crippen molar-refractivity contribution in [2.45, 2.75) is 46.8 Å². The lowest BCUT2D eigenvalue weighted by Gasteiger charge is -2.19. The zero-order valence-corrected chi connectivity index (χ0v) is 12.3. The maximum absolute atomic E-state index is 11.4. The predicted molar refractivity (Wildman–Crippen MR) is 70.9 cm³/mol. The molecule has 0 heterocycles. The summed E-state index contributed by atoms with van der Waals surface area (Å²) >= 11 is 0. The Labute approximate surface area is 118 Å². The Morgan fingerprint density at radius 1 is 1.15 bits per heavy atom. The van der Waals surface area contributed by atoms with Crippen molar-refractivity contribution in [3.05, 3.63) is 0 Å². The molecule has 0 bridgehead atoms. The standard InChI is InChI=1S/C13H23NO6/c1-8(2)5-11(6-12(16)17)7-14-13(18)20-10(4)19-9(3)15/h8,10-11H,5-7H2,1-4H3,(H,14,18)(H,16,17). The number of amides is 1. The van der Waals surface area contributed by atoms with Gasteiger partial charge in [-0.3, -0.25) is 9.59 Å². The van der Waals surface area contributed by atoms with Crippen molar-refractivity contribution >= 4 is 18.0 Å². The molecule has 0 aliphatic carbocycles. The molecule has 2 N–H and O–H groups in total. The Bertz CT molecular complexity index is 342. The normalized spacial score (nSPS) is 13.4. The van der Waals surface area contributed by atoms with Crippen LogP contribution < -0.4 is 5.32 Å². The highest BCUT2D eigenvalue weighted by atomic mass is 16.7. The molecule has 0 aromatic heterocycles. The second kappa shape index (κ2) is 9.17. The molecule has 2 atom stereocenters. The van der Waals surface area contributed by atoms with E-state index in [-0.39, 0.29) is 18.9 Å². The monoisotopic (exact) mass is 289 g/mol. The Morgan fingerprint density at radius 2 is 1.75 bits per heavy atom. The van der Waals surface area contributed by atoms with E-state index >= 15 is 0 Å². The SMILES string of the molecule is CC(=O)OC(C)OC(=O)NCC(CC(=O)O)CC(C)C. The first kappa shape index (κ1) is 18.2. The number of aliphatic carboxylic acids is 1. The molecule has 20 heavy (non-hydrogen) atoms. The van der Waals surface area contributed by atoms with Crippen LogP contribution in [-0.2, 0) is 19.1 Å². The number of rotatable bonds is 8. The lowest BCUT2D eigenvalue weighted by atomic mass is 9.94. The highest BCUT2D eigenvalue weighted by Crippen LogP contribution is 2.14. The molecule has 0 spiro atoms. The molecule has 1 amide bonds. The van der Waals surface area contributed by atoms with Crippen molar-refractivity contribution in [1.29, 1.82) is 0 Å². The third kappa shape index (κ3) is 10.2. The van der Waals surface area contributed by atoms with E-state index in [0.717, 1.165) is 0 Å². The van der Waals surface area contributed by atoms with Crippen LogP contribution in [-0.4, -0.2) is 36.0 Å². The first-order valence-electron chi connectivity index (χ1n) is 6.54. The van der Waals surface area contributed by atoms with E-state index in [9.17, 15) is 14.4 Å². The maximum Gasteiger partial charge on any atom is 0.410 e. The van der Waals surface area contributed by atoms with Crippen LogP contribution in [0.15, 0.2) is 0 Å². The summed E-state index contributed by atoms with van der Waals surface area (Å²) in [4.78, 5) is 32.8. The van der Waals surface area contributed by atoms with Gasteiger partial charge in [-0.2, -0.15) is 0 Å². The summed E-state index contributed by atoms with van der Waals surface area (Å²) in [6.07, 6.45) is -1.04. The minimum absolute atomic E-state index is 0.0159. The lowest BCUT2D eigenvalue weighted by Crippen LogP contribution is -2.34. The van der Waals surface area contributed by atoms with Crippen molar-refractivity contribution in [1.82, 2.24) is 5.32 Å². The predicted octanol–water partition coefficient (Wildman–Crippen LogP) is 1.76. The zero-order valence-electron chi connectivity index (χ0n) is 12.3. The smallest absolute Gasteiger partial charge is 0.410 e. The topological polar surface area (TPSA) is 102 Å². The summed E-state index contributed by atoms with van der Waals surface area (Å²) in [6, 6.07) is 0. The van der Waals surface area contributed by atoms with Gasteiger partial charge in [0.15, 0.2) is 0 Å². The number of carbonyl (C=O) groups is 3. The fourth-order valence-corrected chi connectivity index (χ4v) is 1.83. The molecular formula is C13H23NO6. The molecular weight excluding hydrogens is 266 g/mol. The molecule has 2 unspecified atom stereocenters. The lowest BCUT2D eigenvalue weighted by molar-refractivity contribution is -0.162. The van der Waals surface area contributed by atoms with Gasteiger partial charge >= 0.3 is 18.0 Å². The van der Waals surface area contributed by atoms with Gasteiger partial charge in [-0.05, 0) is 18.3 Å². The van der Waals surface area contributed by atoms with Crippen LogP contribution in [0.4, 0.5) is 4.79 Å². The fourth-order valence-electron chi connectivity index (χ4n) is 1.83. The van der Waals surface area contributed by atoms with Gasteiger partial charge in [0.1, 0.15) is 0 Å². The number of carbonyl (C=O) groups excluding carboxylic acids is 2. The molecule has 0 aromatic rings. The van der Waals surface area contributed by atoms with Crippen LogP contribution in [0.5, 0.6) is 0 Å². The molecule has 0 saturated heterocycles. The third-order valence-corrected chi connectivity index (χ3v) is 2.41.